The highest BCUT2D eigenvalue weighted by atomic mass is 16.6. The maximum atomic E-state index is 13.2. The average molecular weight is 440 g/mol. The van der Waals surface area contributed by atoms with E-state index in [2.05, 4.69) is 11.4 Å². The number of benzene rings is 2. The van der Waals surface area contributed by atoms with Crippen LogP contribution in [0.4, 0.5) is 10.5 Å². The smallest absolute Gasteiger partial charge is 0.408 e. The second-order valence-corrected chi connectivity index (χ2v) is 7.81. The number of ether oxygens (including phenoxy) is 2. The predicted octanol–water partition coefficient (Wildman–Crippen LogP) is 4.69. The Morgan fingerprint density at radius 1 is 1.12 bits per heavy atom. The lowest BCUT2D eigenvalue weighted by atomic mass is 10.0. The van der Waals surface area contributed by atoms with Crippen molar-refractivity contribution in [2.75, 3.05) is 19.1 Å². The zero-order chi connectivity index (χ0) is 24.3. The van der Waals surface area contributed by atoms with Crippen LogP contribution >= 0.6 is 0 Å². The summed E-state index contributed by atoms with van der Waals surface area (Å²) in [7, 11) is 3.21. The van der Waals surface area contributed by atoms with Crippen LogP contribution in [-0.4, -0.2) is 37.8 Å². The molecule has 0 aromatic heterocycles. The van der Waals surface area contributed by atoms with Crippen molar-refractivity contribution < 1.29 is 19.1 Å². The third-order valence-corrected chi connectivity index (χ3v) is 4.28. The van der Waals surface area contributed by atoms with Crippen LogP contribution in [0.3, 0.4) is 0 Å². The molecule has 32 heavy (non-hydrogen) atoms. The largest absolute Gasteiger partial charge is 0.497 e. The van der Waals surface area contributed by atoms with Crippen molar-refractivity contribution in [1.82, 2.24) is 5.32 Å². The van der Waals surface area contributed by atoms with E-state index in [0.717, 1.165) is 5.56 Å². The zero-order valence-electron chi connectivity index (χ0n) is 19.9. The van der Waals surface area contributed by atoms with E-state index in [0.29, 0.717) is 17.0 Å². The molecular weight excluding hydrogens is 406 g/mol. The van der Waals surface area contributed by atoms with Crippen molar-refractivity contribution >= 4 is 17.7 Å². The molecule has 1 N–H and O–H groups in total. The second-order valence-electron chi connectivity index (χ2n) is 7.81. The van der Waals surface area contributed by atoms with Crippen LogP contribution < -0.4 is 15.0 Å². The van der Waals surface area contributed by atoms with E-state index in [1.807, 2.05) is 19.9 Å². The first-order chi connectivity index (χ1) is 15.1. The van der Waals surface area contributed by atoms with E-state index in [4.69, 9.17) is 14.7 Å². The summed E-state index contributed by atoms with van der Waals surface area (Å²) in [6.45, 7) is 9.26. The van der Waals surface area contributed by atoms with Crippen LogP contribution in [0.1, 0.15) is 45.7 Å². The number of carbonyl (C=O) groups is 2. The predicted molar refractivity (Wildman–Crippen MR) is 126 cm³/mol. The van der Waals surface area contributed by atoms with E-state index < -0.39 is 17.7 Å². The molecule has 0 aliphatic heterocycles. The Morgan fingerprint density at radius 2 is 1.75 bits per heavy atom. The van der Waals surface area contributed by atoms with Gasteiger partial charge in [0.1, 0.15) is 17.4 Å². The van der Waals surface area contributed by atoms with Crippen molar-refractivity contribution in [2.24, 2.45) is 0 Å². The molecule has 1 atom stereocenters. The molecule has 0 saturated carbocycles. The highest BCUT2D eigenvalue weighted by molar-refractivity contribution is 5.98. The Hall–Kier alpha value is -3.53. The summed E-state index contributed by atoms with van der Waals surface area (Å²) in [5.74, 6) is 0.365. The summed E-state index contributed by atoms with van der Waals surface area (Å²) in [6, 6.07) is 15.2. The Bertz CT molecular complexity index is 927. The van der Waals surface area contributed by atoms with Crippen LogP contribution in [-0.2, 0) is 16.0 Å². The minimum absolute atomic E-state index is 0.216. The molecule has 2 amide bonds. The number of amides is 2. The fourth-order valence-corrected chi connectivity index (χ4v) is 2.82. The van der Waals surface area contributed by atoms with Crippen LogP contribution in [0.5, 0.6) is 5.75 Å². The molecule has 0 spiro atoms. The topological polar surface area (TPSA) is 91.7 Å². The van der Waals surface area contributed by atoms with Crippen molar-refractivity contribution in [3.05, 3.63) is 59.7 Å². The SMILES string of the molecule is CC.COc1ccc(N(C)C(=O)[C@H](Cc2cccc(C#N)c2)NC(=O)OC(C)(C)C)cc1. The van der Waals surface area contributed by atoms with Crippen LogP contribution in [0, 0.1) is 11.3 Å². The molecule has 2 aromatic carbocycles. The fourth-order valence-electron chi connectivity index (χ4n) is 2.82. The van der Waals surface area contributed by atoms with Crippen molar-refractivity contribution in [3.8, 4) is 11.8 Å². The first-order valence-electron chi connectivity index (χ1n) is 10.5. The van der Waals surface area contributed by atoms with E-state index in [1.165, 1.54) is 4.90 Å². The zero-order valence-corrected chi connectivity index (χ0v) is 19.9. The summed E-state index contributed by atoms with van der Waals surface area (Å²) in [6.07, 6.45) is -0.464. The van der Waals surface area contributed by atoms with Gasteiger partial charge >= 0.3 is 6.09 Å². The van der Waals surface area contributed by atoms with Gasteiger partial charge in [-0.2, -0.15) is 5.26 Å². The van der Waals surface area contributed by atoms with Gasteiger partial charge in [-0.3, -0.25) is 4.79 Å². The van der Waals surface area contributed by atoms with Gasteiger partial charge in [0.25, 0.3) is 0 Å². The maximum absolute atomic E-state index is 13.2. The molecular formula is C25H33N3O4. The summed E-state index contributed by atoms with van der Waals surface area (Å²) in [5, 5.41) is 11.8. The van der Waals surface area contributed by atoms with Crippen molar-refractivity contribution in [3.63, 3.8) is 0 Å². The highest BCUT2D eigenvalue weighted by Crippen LogP contribution is 2.20. The first-order valence-corrected chi connectivity index (χ1v) is 10.5. The molecule has 7 heteroatoms. The second kappa shape index (κ2) is 12.4. The summed E-state index contributed by atoms with van der Waals surface area (Å²) >= 11 is 0. The lowest BCUT2D eigenvalue weighted by Gasteiger charge is -2.27. The lowest BCUT2D eigenvalue weighted by Crippen LogP contribution is -2.50. The minimum Gasteiger partial charge on any atom is -0.497 e. The molecule has 0 heterocycles. The number of rotatable bonds is 6. The molecule has 0 radical (unpaired) electrons. The molecule has 0 saturated heterocycles. The summed E-state index contributed by atoms with van der Waals surface area (Å²) in [5.41, 5.74) is 1.20. The number of carbonyl (C=O) groups excluding carboxylic acids is 2. The number of nitriles is 1. The van der Waals surface area contributed by atoms with Crippen LogP contribution in [0.2, 0.25) is 0 Å². The summed E-state index contributed by atoms with van der Waals surface area (Å²) < 4.78 is 10.5. The van der Waals surface area contributed by atoms with Crippen LogP contribution in [0.15, 0.2) is 48.5 Å². The number of anilines is 1. The first kappa shape index (κ1) is 26.5. The molecule has 2 rings (SSSR count). The third kappa shape index (κ3) is 8.31. The average Bonchev–Trinajstić information content (AvgIpc) is 2.78. The fraction of sp³-hybridized carbons (Fsp3) is 0.400. The Labute approximate surface area is 190 Å². The molecule has 2 aromatic rings. The van der Waals surface area contributed by atoms with Gasteiger partial charge in [-0.15, -0.1) is 0 Å². The van der Waals surface area contributed by atoms with Crippen LogP contribution in [0.25, 0.3) is 0 Å². The Morgan fingerprint density at radius 3 is 2.28 bits per heavy atom. The monoisotopic (exact) mass is 439 g/mol. The normalized spacial score (nSPS) is 11.2. The number of nitrogens with one attached hydrogen (secondary N) is 1. The molecule has 0 fully saturated rings. The number of hydrogen-bond acceptors (Lipinski definition) is 5. The van der Waals surface area contributed by atoms with Crippen molar-refractivity contribution in [2.45, 2.75) is 52.7 Å². The summed E-state index contributed by atoms with van der Waals surface area (Å²) in [4.78, 5) is 27.0. The van der Waals surface area contributed by atoms with Gasteiger partial charge in [-0.05, 0) is 62.7 Å². The molecule has 0 bridgehead atoms. The van der Waals surface area contributed by atoms with E-state index in [-0.39, 0.29) is 12.3 Å². The van der Waals surface area contributed by atoms with Gasteiger partial charge in [0, 0.05) is 19.2 Å². The van der Waals surface area contributed by atoms with Gasteiger partial charge in [0.05, 0.1) is 18.7 Å². The van der Waals surface area contributed by atoms with Gasteiger partial charge < -0.3 is 19.7 Å². The van der Waals surface area contributed by atoms with Gasteiger partial charge in [0.15, 0.2) is 0 Å². The van der Waals surface area contributed by atoms with Crippen molar-refractivity contribution in [1.29, 1.82) is 5.26 Å². The maximum Gasteiger partial charge on any atom is 0.408 e. The van der Waals surface area contributed by atoms with Gasteiger partial charge in [-0.25, -0.2) is 4.79 Å². The number of alkyl carbamates (subject to hydrolysis) is 1. The highest BCUT2D eigenvalue weighted by Gasteiger charge is 2.27. The molecule has 0 aliphatic rings. The van der Waals surface area contributed by atoms with Gasteiger partial charge in [0.2, 0.25) is 5.91 Å². The number of likely N-dealkylation sites (N-methyl/N-ethyl adjacent to an activating group) is 1. The Kier molecular flexibility index (Phi) is 10.2. The quantitative estimate of drug-likeness (QED) is 0.705. The minimum atomic E-state index is -0.874. The lowest BCUT2D eigenvalue weighted by molar-refractivity contribution is -0.120. The number of nitrogens with zero attached hydrogens (tertiary/aromatic N) is 2. The standard InChI is InChI=1S/C23H27N3O4.C2H6/c1-23(2,3)30-22(28)25-20(14-16-7-6-8-17(13-16)15-24)21(27)26(4)18-9-11-19(29-5)12-10-18;1-2/h6-13,20H,14H2,1-5H3,(H,25,28);1-2H3/t20-;/m0./s1. The molecule has 0 unspecified atom stereocenters. The van der Waals surface area contributed by atoms with Gasteiger partial charge in [-0.1, -0.05) is 26.0 Å². The van der Waals surface area contributed by atoms with E-state index >= 15 is 0 Å². The van der Waals surface area contributed by atoms with E-state index in [1.54, 1.807) is 77.4 Å². The Balaban J connectivity index is 0.00000249. The molecule has 0 aliphatic carbocycles. The number of hydrogen-bond donors (Lipinski definition) is 1. The molecule has 7 nitrogen and oxygen atoms in total. The number of methoxy groups -OCH3 is 1. The third-order valence-electron chi connectivity index (χ3n) is 4.28. The van der Waals surface area contributed by atoms with E-state index in [9.17, 15) is 9.59 Å². The molecule has 172 valence electrons.